The standard InChI is InChI=1S/C13H17ClN2S/c1-15-7-8-16(2)9-12-13(14)10-5-3-4-6-11(10)17-12/h3-6,15H,7-9H2,1-2H3. The zero-order valence-electron chi connectivity index (χ0n) is 10.2. The van der Waals surface area contributed by atoms with E-state index in [1.165, 1.54) is 15.0 Å². The van der Waals surface area contributed by atoms with Crippen LogP contribution in [-0.2, 0) is 6.54 Å². The number of hydrogen-bond donors (Lipinski definition) is 1. The summed E-state index contributed by atoms with van der Waals surface area (Å²) in [4.78, 5) is 3.54. The fraction of sp³-hybridized carbons (Fsp3) is 0.385. The molecule has 0 aliphatic heterocycles. The Morgan fingerprint density at radius 2 is 2.12 bits per heavy atom. The summed E-state index contributed by atoms with van der Waals surface area (Å²) in [6.45, 7) is 2.94. The number of nitrogens with one attached hydrogen (secondary N) is 1. The third-order valence-corrected chi connectivity index (χ3v) is 4.46. The van der Waals surface area contributed by atoms with Gasteiger partial charge in [-0.2, -0.15) is 0 Å². The summed E-state index contributed by atoms with van der Waals surface area (Å²) < 4.78 is 1.27. The van der Waals surface area contributed by atoms with Crippen molar-refractivity contribution in [2.45, 2.75) is 6.54 Å². The van der Waals surface area contributed by atoms with Crippen LogP contribution in [0.2, 0.25) is 5.02 Å². The molecule has 0 saturated carbocycles. The molecule has 0 aliphatic carbocycles. The van der Waals surface area contributed by atoms with Gasteiger partial charge in [0.2, 0.25) is 0 Å². The fourth-order valence-electron chi connectivity index (χ4n) is 1.79. The highest BCUT2D eigenvalue weighted by Gasteiger charge is 2.11. The SMILES string of the molecule is CNCCN(C)Cc1sc2ccccc2c1Cl. The molecule has 0 saturated heterocycles. The molecule has 2 rings (SSSR count). The van der Waals surface area contributed by atoms with Crippen molar-refractivity contribution in [3.8, 4) is 0 Å². The van der Waals surface area contributed by atoms with Crippen LogP contribution < -0.4 is 5.32 Å². The summed E-state index contributed by atoms with van der Waals surface area (Å²) >= 11 is 8.20. The van der Waals surface area contributed by atoms with E-state index in [0.29, 0.717) is 0 Å². The lowest BCUT2D eigenvalue weighted by Gasteiger charge is -2.15. The summed E-state index contributed by atoms with van der Waals surface area (Å²) in [5.74, 6) is 0. The maximum atomic E-state index is 6.40. The molecule has 2 nitrogen and oxygen atoms in total. The Labute approximate surface area is 111 Å². The summed E-state index contributed by atoms with van der Waals surface area (Å²) in [5.41, 5.74) is 0. The number of benzene rings is 1. The molecule has 0 radical (unpaired) electrons. The second-order valence-electron chi connectivity index (χ2n) is 4.18. The fourth-order valence-corrected chi connectivity index (χ4v) is 3.37. The van der Waals surface area contributed by atoms with Crippen LogP contribution in [0.4, 0.5) is 0 Å². The Morgan fingerprint density at radius 3 is 2.82 bits per heavy atom. The van der Waals surface area contributed by atoms with Gasteiger partial charge in [0, 0.05) is 34.6 Å². The molecular formula is C13H17ClN2S. The predicted molar refractivity (Wildman–Crippen MR) is 77.1 cm³/mol. The van der Waals surface area contributed by atoms with Gasteiger partial charge in [0.1, 0.15) is 0 Å². The molecule has 0 spiro atoms. The highest BCUT2D eigenvalue weighted by molar-refractivity contribution is 7.19. The molecule has 4 heteroatoms. The van der Waals surface area contributed by atoms with E-state index >= 15 is 0 Å². The van der Waals surface area contributed by atoms with E-state index in [1.807, 2.05) is 13.1 Å². The quantitative estimate of drug-likeness (QED) is 0.896. The predicted octanol–water partition coefficient (Wildman–Crippen LogP) is 3.21. The molecule has 0 unspecified atom stereocenters. The van der Waals surface area contributed by atoms with Gasteiger partial charge in [-0.15, -0.1) is 11.3 Å². The van der Waals surface area contributed by atoms with Gasteiger partial charge in [-0.1, -0.05) is 29.8 Å². The zero-order valence-corrected chi connectivity index (χ0v) is 11.7. The second kappa shape index (κ2) is 5.83. The normalized spacial score (nSPS) is 11.5. The summed E-state index contributed by atoms with van der Waals surface area (Å²) in [6.07, 6.45) is 0. The highest BCUT2D eigenvalue weighted by atomic mass is 35.5. The summed E-state index contributed by atoms with van der Waals surface area (Å²) in [7, 11) is 4.10. The second-order valence-corrected chi connectivity index (χ2v) is 5.69. The first kappa shape index (κ1) is 12.8. The van der Waals surface area contributed by atoms with E-state index in [9.17, 15) is 0 Å². The number of rotatable bonds is 5. The van der Waals surface area contributed by atoms with Crippen molar-refractivity contribution in [3.63, 3.8) is 0 Å². The van der Waals surface area contributed by atoms with E-state index < -0.39 is 0 Å². The van der Waals surface area contributed by atoms with Crippen LogP contribution in [0.1, 0.15) is 4.88 Å². The minimum absolute atomic E-state index is 0.917. The van der Waals surface area contributed by atoms with Crippen LogP contribution in [0, 0.1) is 0 Å². The van der Waals surface area contributed by atoms with Gasteiger partial charge in [-0.3, -0.25) is 4.90 Å². The van der Waals surface area contributed by atoms with Gasteiger partial charge in [0.25, 0.3) is 0 Å². The van der Waals surface area contributed by atoms with Crippen LogP contribution >= 0.6 is 22.9 Å². The van der Waals surface area contributed by atoms with Crippen molar-refractivity contribution < 1.29 is 0 Å². The van der Waals surface area contributed by atoms with Gasteiger partial charge in [0.05, 0.1) is 5.02 Å². The Hall–Kier alpha value is -0.610. The van der Waals surface area contributed by atoms with E-state index in [1.54, 1.807) is 11.3 Å². The molecule has 1 aromatic carbocycles. The molecule has 0 amide bonds. The molecule has 0 aliphatic rings. The van der Waals surface area contributed by atoms with Crippen molar-refractivity contribution in [3.05, 3.63) is 34.2 Å². The van der Waals surface area contributed by atoms with Gasteiger partial charge >= 0.3 is 0 Å². The van der Waals surface area contributed by atoms with E-state index in [2.05, 4.69) is 35.5 Å². The monoisotopic (exact) mass is 268 g/mol. The van der Waals surface area contributed by atoms with Crippen LogP contribution in [0.3, 0.4) is 0 Å². The first-order chi connectivity index (χ1) is 8.22. The molecule has 1 aromatic heterocycles. The molecule has 2 aromatic rings. The van der Waals surface area contributed by atoms with Gasteiger partial charge in [-0.05, 0) is 20.2 Å². The van der Waals surface area contributed by atoms with E-state index in [-0.39, 0.29) is 0 Å². The lowest BCUT2D eigenvalue weighted by atomic mass is 10.2. The first-order valence-corrected chi connectivity index (χ1v) is 6.91. The highest BCUT2D eigenvalue weighted by Crippen LogP contribution is 2.35. The largest absolute Gasteiger partial charge is 0.318 e. The minimum Gasteiger partial charge on any atom is -0.318 e. The number of likely N-dealkylation sites (N-methyl/N-ethyl adjacent to an activating group) is 2. The zero-order chi connectivity index (χ0) is 12.3. The van der Waals surface area contributed by atoms with Gasteiger partial charge in [-0.25, -0.2) is 0 Å². The maximum Gasteiger partial charge on any atom is 0.0637 e. The molecule has 1 heterocycles. The van der Waals surface area contributed by atoms with Crippen molar-refractivity contribution in [2.75, 3.05) is 27.2 Å². The third-order valence-electron chi connectivity index (χ3n) is 2.76. The Morgan fingerprint density at radius 1 is 1.35 bits per heavy atom. The first-order valence-electron chi connectivity index (χ1n) is 5.71. The Balaban J connectivity index is 2.16. The molecular weight excluding hydrogens is 252 g/mol. The molecule has 0 fully saturated rings. The Bertz CT molecular complexity index is 495. The topological polar surface area (TPSA) is 15.3 Å². The van der Waals surface area contributed by atoms with E-state index in [4.69, 9.17) is 11.6 Å². The molecule has 0 atom stereocenters. The van der Waals surface area contributed by atoms with Crippen molar-refractivity contribution in [2.24, 2.45) is 0 Å². The number of hydrogen-bond acceptors (Lipinski definition) is 3. The number of fused-ring (bicyclic) bond motifs is 1. The summed E-state index contributed by atoms with van der Waals surface area (Å²) in [6, 6.07) is 8.31. The molecule has 92 valence electrons. The van der Waals surface area contributed by atoms with Crippen LogP contribution in [0.15, 0.2) is 24.3 Å². The van der Waals surface area contributed by atoms with Crippen molar-refractivity contribution in [1.29, 1.82) is 0 Å². The lowest BCUT2D eigenvalue weighted by molar-refractivity contribution is 0.331. The number of nitrogens with zero attached hydrogens (tertiary/aromatic N) is 1. The minimum atomic E-state index is 0.917. The van der Waals surface area contributed by atoms with Gasteiger partial charge in [0.15, 0.2) is 0 Å². The molecule has 17 heavy (non-hydrogen) atoms. The Kier molecular flexibility index (Phi) is 4.40. The molecule has 1 N–H and O–H groups in total. The average Bonchev–Trinajstić information content (AvgIpc) is 2.64. The van der Waals surface area contributed by atoms with Gasteiger partial charge < -0.3 is 5.32 Å². The van der Waals surface area contributed by atoms with Crippen LogP contribution in [-0.4, -0.2) is 32.1 Å². The van der Waals surface area contributed by atoms with Crippen LogP contribution in [0.25, 0.3) is 10.1 Å². The van der Waals surface area contributed by atoms with Crippen molar-refractivity contribution >= 4 is 33.0 Å². The average molecular weight is 269 g/mol. The maximum absolute atomic E-state index is 6.40. The third kappa shape index (κ3) is 2.99. The lowest BCUT2D eigenvalue weighted by Crippen LogP contribution is -2.26. The van der Waals surface area contributed by atoms with Crippen LogP contribution in [0.5, 0.6) is 0 Å². The smallest absolute Gasteiger partial charge is 0.0637 e. The molecule has 0 bridgehead atoms. The summed E-state index contributed by atoms with van der Waals surface area (Å²) in [5, 5.41) is 5.25. The van der Waals surface area contributed by atoms with E-state index in [0.717, 1.165) is 24.7 Å². The van der Waals surface area contributed by atoms with Crippen molar-refractivity contribution in [1.82, 2.24) is 10.2 Å². The number of halogens is 1. The number of thiophene rings is 1.